The van der Waals surface area contributed by atoms with Gasteiger partial charge in [-0.2, -0.15) is 0 Å². The third-order valence-corrected chi connectivity index (χ3v) is 3.57. The number of nitrogens with one attached hydrogen (secondary N) is 1. The molecule has 0 bridgehead atoms. The number of carbonyl (C=O) groups is 1. The van der Waals surface area contributed by atoms with Crippen LogP contribution in [0.2, 0.25) is 0 Å². The Morgan fingerprint density at radius 3 is 2.95 bits per heavy atom. The van der Waals surface area contributed by atoms with E-state index in [2.05, 4.69) is 10.3 Å². The zero-order chi connectivity index (χ0) is 13.5. The highest BCUT2D eigenvalue weighted by Gasteiger charge is 2.13. The van der Waals surface area contributed by atoms with Crippen molar-refractivity contribution in [3.63, 3.8) is 0 Å². The van der Waals surface area contributed by atoms with Crippen molar-refractivity contribution in [3.05, 3.63) is 18.2 Å². The summed E-state index contributed by atoms with van der Waals surface area (Å²) in [6.07, 6.45) is 7.91. The van der Waals surface area contributed by atoms with Crippen LogP contribution >= 0.6 is 0 Å². The third kappa shape index (κ3) is 4.76. The Bertz CT molecular complexity index is 397. The minimum Gasteiger partial charge on any atom is -0.378 e. The molecule has 2 rings (SSSR count). The van der Waals surface area contributed by atoms with Crippen LogP contribution in [0.1, 0.15) is 31.5 Å². The molecule has 0 radical (unpaired) electrons. The van der Waals surface area contributed by atoms with Crippen LogP contribution < -0.4 is 5.32 Å². The van der Waals surface area contributed by atoms with Crippen molar-refractivity contribution < 1.29 is 9.53 Å². The van der Waals surface area contributed by atoms with Crippen molar-refractivity contribution in [1.82, 2.24) is 14.9 Å². The largest absolute Gasteiger partial charge is 0.378 e. The Labute approximate surface area is 114 Å². The lowest BCUT2D eigenvalue weighted by Gasteiger charge is -2.22. The number of aryl methyl sites for hydroxylation is 2. The highest BCUT2D eigenvalue weighted by atomic mass is 16.5. The average molecular weight is 265 g/mol. The van der Waals surface area contributed by atoms with Crippen LogP contribution in [0.25, 0.3) is 0 Å². The number of ketones is 1. The maximum absolute atomic E-state index is 11.8. The molecule has 0 aromatic carbocycles. The van der Waals surface area contributed by atoms with Crippen molar-refractivity contribution in [1.29, 1.82) is 0 Å². The summed E-state index contributed by atoms with van der Waals surface area (Å²) >= 11 is 0. The van der Waals surface area contributed by atoms with Gasteiger partial charge in [0.2, 0.25) is 0 Å². The number of hydrogen-bond donors (Lipinski definition) is 1. The van der Waals surface area contributed by atoms with Gasteiger partial charge in [0, 0.05) is 38.7 Å². The number of rotatable bonds is 7. The van der Waals surface area contributed by atoms with E-state index in [4.69, 9.17) is 4.74 Å². The molecule has 1 fully saturated rings. The highest BCUT2D eigenvalue weighted by Crippen LogP contribution is 2.08. The van der Waals surface area contributed by atoms with Crippen LogP contribution in [-0.4, -0.2) is 41.1 Å². The number of nitrogens with zero attached hydrogens (tertiary/aromatic N) is 2. The van der Waals surface area contributed by atoms with Gasteiger partial charge in [0.25, 0.3) is 0 Å². The van der Waals surface area contributed by atoms with E-state index in [0.29, 0.717) is 25.6 Å². The lowest BCUT2D eigenvalue weighted by Crippen LogP contribution is -2.32. The van der Waals surface area contributed by atoms with Crippen molar-refractivity contribution in [2.75, 3.05) is 19.7 Å². The monoisotopic (exact) mass is 265 g/mol. The summed E-state index contributed by atoms with van der Waals surface area (Å²) in [6.45, 7) is 2.61. The molecule has 106 valence electrons. The first-order valence-electron chi connectivity index (χ1n) is 7.06. The number of piperidine rings is 1. The first kappa shape index (κ1) is 14.2. The van der Waals surface area contributed by atoms with Crippen LogP contribution in [0.3, 0.4) is 0 Å². The summed E-state index contributed by atoms with van der Waals surface area (Å²) in [5.41, 5.74) is 0. The molecular weight excluding hydrogens is 242 g/mol. The average Bonchev–Trinajstić information content (AvgIpc) is 2.83. The fraction of sp³-hybridized carbons (Fsp3) is 0.714. The zero-order valence-corrected chi connectivity index (χ0v) is 11.6. The van der Waals surface area contributed by atoms with E-state index in [1.807, 2.05) is 17.8 Å². The summed E-state index contributed by atoms with van der Waals surface area (Å²) in [5.74, 6) is 1.23. The second kappa shape index (κ2) is 7.40. The first-order chi connectivity index (χ1) is 9.25. The molecule has 1 aliphatic heterocycles. The van der Waals surface area contributed by atoms with Gasteiger partial charge >= 0.3 is 0 Å². The standard InChI is InChI=1S/C14H23N3O2/c1-17-10-9-16-14(17)3-2-12(18)6-11-19-13-4-7-15-8-5-13/h9-10,13,15H,2-8,11H2,1H3. The van der Waals surface area contributed by atoms with E-state index < -0.39 is 0 Å². The van der Waals surface area contributed by atoms with Gasteiger partial charge < -0.3 is 14.6 Å². The predicted octanol–water partition coefficient (Wildman–Crippen LogP) is 1.08. The number of aromatic nitrogens is 2. The molecule has 0 spiro atoms. The first-order valence-corrected chi connectivity index (χ1v) is 7.06. The number of carbonyl (C=O) groups excluding carboxylic acids is 1. The Balaban J connectivity index is 1.58. The SMILES string of the molecule is Cn1ccnc1CCC(=O)CCOC1CCNCC1. The van der Waals surface area contributed by atoms with Crippen LogP contribution in [-0.2, 0) is 23.0 Å². The molecule has 0 aliphatic carbocycles. The summed E-state index contributed by atoms with van der Waals surface area (Å²) < 4.78 is 7.69. The highest BCUT2D eigenvalue weighted by molar-refractivity contribution is 5.78. The Kier molecular flexibility index (Phi) is 5.54. The lowest BCUT2D eigenvalue weighted by molar-refractivity contribution is -0.120. The lowest BCUT2D eigenvalue weighted by atomic mass is 10.1. The minimum absolute atomic E-state index is 0.261. The van der Waals surface area contributed by atoms with E-state index >= 15 is 0 Å². The zero-order valence-electron chi connectivity index (χ0n) is 11.6. The van der Waals surface area contributed by atoms with Crippen LogP contribution in [0.15, 0.2) is 12.4 Å². The second-order valence-corrected chi connectivity index (χ2v) is 5.06. The van der Waals surface area contributed by atoms with Crippen LogP contribution in [0.5, 0.6) is 0 Å². The maximum atomic E-state index is 11.8. The summed E-state index contributed by atoms with van der Waals surface area (Å²) in [6, 6.07) is 0. The second-order valence-electron chi connectivity index (χ2n) is 5.06. The van der Waals surface area contributed by atoms with E-state index in [1.54, 1.807) is 6.20 Å². The molecule has 1 aliphatic rings. The number of imidazole rings is 1. The van der Waals surface area contributed by atoms with Crippen molar-refractivity contribution in [2.45, 2.75) is 38.2 Å². The topological polar surface area (TPSA) is 56.2 Å². The van der Waals surface area contributed by atoms with Gasteiger partial charge in [-0.1, -0.05) is 0 Å². The van der Waals surface area contributed by atoms with Gasteiger partial charge in [-0.15, -0.1) is 0 Å². The molecule has 1 aromatic rings. The maximum Gasteiger partial charge on any atom is 0.135 e. The number of ether oxygens (including phenoxy) is 1. The Morgan fingerprint density at radius 1 is 1.47 bits per heavy atom. The molecule has 5 heteroatoms. The number of Topliss-reactive ketones (excluding diaryl/α,β-unsaturated/α-hetero) is 1. The fourth-order valence-corrected chi connectivity index (χ4v) is 2.32. The molecular formula is C14H23N3O2. The van der Waals surface area contributed by atoms with Gasteiger partial charge in [0.15, 0.2) is 0 Å². The molecule has 2 heterocycles. The molecule has 0 amide bonds. The molecule has 0 saturated carbocycles. The summed E-state index contributed by atoms with van der Waals surface area (Å²) in [4.78, 5) is 16.0. The van der Waals surface area contributed by atoms with Crippen LogP contribution in [0.4, 0.5) is 0 Å². The molecule has 0 atom stereocenters. The smallest absolute Gasteiger partial charge is 0.135 e. The van der Waals surface area contributed by atoms with Crippen molar-refractivity contribution in [3.8, 4) is 0 Å². The molecule has 0 unspecified atom stereocenters. The van der Waals surface area contributed by atoms with Crippen molar-refractivity contribution >= 4 is 5.78 Å². The third-order valence-electron chi connectivity index (χ3n) is 3.57. The summed E-state index contributed by atoms with van der Waals surface area (Å²) in [5, 5.41) is 3.30. The van der Waals surface area contributed by atoms with E-state index in [9.17, 15) is 4.79 Å². The summed E-state index contributed by atoms with van der Waals surface area (Å²) in [7, 11) is 1.95. The van der Waals surface area contributed by atoms with Gasteiger partial charge in [-0.25, -0.2) is 4.98 Å². The van der Waals surface area contributed by atoms with E-state index in [1.165, 1.54) is 0 Å². The molecule has 19 heavy (non-hydrogen) atoms. The van der Waals surface area contributed by atoms with E-state index in [0.717, 1.165) is 38.2 Å². The van der Waals surface area contributed by atoms with Gasteiger partial charge in [0.05, 0.1) is 12.7 Å². The van der Waals surface area contributed by atoms with E-state index in [-0.39, 0.29) is 5.78 Å². The Hall–Kier alpha value is -1.20. The molecule has 1 saturated heterocycles. The molecule has 5 nitrogen and oxygen atoms in total. The van der Waals surface area contributed by atoms with Crippen LogP contribution in [0, 0.1) is 0 Å². The quantitative estimate of drug-likeness (QED) is 0.801. The van der Waals surface area contributed by atoms with Gasteiger partial charge in [-0.05, 0) is 25.9 Å². The normalized spacial score (nSPS) is 16.7. The fourth-order valence-electron chi connectivity index (χ4n) is 2.32. The predicted molar refractivity (Wildman–Crippen MR) is 73.0 cm³/mol. The molecule has 1 N–H and O–H groups in total. The van der Waals surface area contributed by atoms with Crippen molar-refractivity contribution in [2.24, 2.45) is 7.05 Å². The molecule has 1 aromatic heterocycles. The Morgan fingerprint density at radius 2 is 2.26 bits per heavy atom. The van der Waals surface area contributed by atoms with Gasteiger partial charge in [0.1, 0.15) is 11.6 Å². The minimum atomic E-state index is 0.261. The number of hydrogen-bond acceptors (Lipinski definition) is 4. The van der Waals surface area contributed by atoms with Gasteiger partial charge in [-0.3, -0.25) is 4.79 Å².